The number of carbonyl (C=O) groups excluding carboxylic acids is 1. The molecule has 0 fully saturated rings. The molecule has 6 N–H and O–H groups in total. The lowest BCUT2D eigenvalue weighted by atomic mass is 9.93. The van der Waals surface area contributed by atoms with Crippen molar-refractivity contribution < 1.29 is 4.79 Å². The molecule has 1 amide bonds. The van der Waals surface area contributed by atoms with Gasteiger partial charge in [0.15, 0.2) is 0 Å². The lowest BCUT2D eigenvalue weighted by molar-refractivity contribution is 0.102. The number of aryl methyl sites for hydroxylation is 3. The summed E-state index contributed by atoms with van der Waals surface area (Å²) in [5, 5.41) is 6.77. The number of hydrogen-bond acceptors (Lipinski definition) is 4. The zero-order valence-electron chi connectivity index (χ0n) is 23.3. The van der Waals surface area contributed by atoms with Gasteiger partial charge in [-0.05, 0) is 104 Å². The Kier molecular flexibility index (Phi) is 10.9. The number of nitrogens with zero attached hydrogens (tertiary/aromatic N) is 1. The number of amidine groups is 1. The fourth-order valence-electron chi connectivity index (χ4n) is 4.82. The Morgan fingerprint density at radius 2 is 1.55 bits per heavy atom. The van der Waals surface area contributed by atoms with Gasteiger partial charge in [0.1, 0.15) is 5.84 Å². The third kappa shape index (κ3) is 8.18. The van der Waals surface area contributed by atoms with Crippen LogP contribution in [0.1, 0.15) is 76.8 Å². The number of amides is 1. The number of hydrogen-bond donors (Lipinski definition) is 4. The van der Waals surface area contributed by atoms with E-state index in [1.807, 2.05) is 31.2 Å². The van der Waals surface area contributed by atoms with Crippen LogP contribution in [0.15, 0.2) is 65.8 Å². The van der Waals surface area contributed by atoms with Crippen molar-refractivity contribution in [2.75, 3.05) is 5.32 Å². The first-order valence-corrected chi connectivity index (χ1v) is 13.6. The van der Waals surface area contributed by atoms with E-state index in [-0.39, 0.29) is 5.91 Å². The molecule has 0 radical (unpaired) electrons. The minimum Gasteiger partial charge on any atom is -0.322 e. The van der Waals surface area contributed by atoms with E-state index in [4.69, 9.17) is 11.7 Å². The van der Waals surface area contributed by atoms with Gasteiger partial charge in [0.25, 0.3) is 5.91 Å². The second kappa shape index (κ2) is 14.3. The quantitative estimate of drug-likeness (QED) is 0.0785. The minimum absolute atomic E-state index is 0.0739. The summed E-state index contributed by atoms with van der Waals surface area (Å²) >= 11 is 0. The smallest absolute Gasteiger partial charge is 0.255 e. The highest BCUT2D eigenvalue weighted by Gasteiger charge is 2.15. The molecular formula is C32H43N5O. The van der Waals surface area contributed by atoms with Crippen LogP contribution in [-0.2, 0) is 25.7 Å². The molecule has 0 heterocycles. The SMILES string of the molecule is Cc1c(CCc2ccc(CC(C)C)cc2)ccc(C(=O)Nc2ccccc2CCCC/C(=N/N)NN)c1C. The van der Waals surface area contributed by atoms with E-state index >= 15 is 0 Å². The number of anilines is 1. The molecule has 0 atom stereocenters. The number of nitrogens with two attached hydrogens (primary N) is 2. The van der Waals surface area contributed by atoms with Gasteiger partial charge in [-0.15, -0.1) is 0 Å². The number of para-hydroxylation sites is 1. The number of hydrazone groups is 1. The zero-order valence-corrected chi connectivity index (χ0v) is 23.3. The third-order valence-corrected chi connectivity index (χ3v) is 7.19. The Hall–Kier alpha value is -3.64. The molecule has 0 unspecified atom stereocenters. The van der Waals surface area contributed by atoms with Crippen molar-refractivity contribution in [3.8, 4) is 0 Å². The Labute approximate surface area is 227 Å². The summed E-state index contributed by atoms with van der Waals surface area (Å²) in [6, 6.07) is 21.1. The maximum absolute atomic E-state index is 13.3. The number of benzene rings is 3. The van der Waals surface area contributed by atoms with Crippen molar-refractivity contribution in [1.29, 1.82) is 0 Å². The first-order chi connectivity index (χ1) is 18.3. The van der Waals surface area contributed by atoms with Crippen LogP contribution in [0.2, 0.25) is 0 Å². The summed E-state index contributed by atoms with van der Waals surface area (Å²) in [5.41, 5.74) is 11.4. The number of hydrazine groups is 1. The highest BCUT2D eigenvalue weighted by molar-refractivity contribution is 6.05. The average molecular weight is 514 g/mol. The van der Waals surface area contributed by atoms with Crippen LogP contribution in [0.5, 0.6) is 0 Å². The van der Waals surface area contributed by atoms with Crippen molar-refractivity contribution in [3.63, 3.8) is 0 Å². The van der Waals surface area contributed by atoms with E-state index in [2.05, 4.69) is 73.0 Å². The Balaban J connectivity index is 1.62. The molecule has 38 heavy (non-hydrogen) atoms. The van der Waals surface area contributed by atoms with Crippen LogP contribution in [0.3, 0.4) is 0 Å². The third-order valence-electron chi connectivity index (χ3n) is 7.19. The predicted octanol–water partition coefficient (Wildman–Crippen LogP) is 5.99. The molecule has 0 aromatic heterocycles. The molecule has 3 aromatic carbocycles. The van der Waals surface area contributed by atoms with E-state index < -0.39 is 0 Å². The van der Waals surface area contributed by atoms with Gasteiger partial charge in [0, 0.05) is 17.7 Å². The van der Waals surface area contributed by atoms with Crippen molar-refractivity contribution in [3.05, 3.63) is 99.6 Å². The molecule has 202 valence electrons. The summed E-state index contributed by atoms with van der Waals surface area (Å²) < 4.78 is 0. The molecule has 6 heteroatoms. The summed E-state index contributed by atoms with van der Waals surface area (Å²) in [6.07, 6.45) is 6.41. The van der Waals surface area contributed by atoms with Gasteiger partial charge in [-0.3, -0.25) is 4.79 Å². The largest absolute Gasteiger partial charge is 0.322 e. The predicted molar refractivity (Wildman–Crippen MR) is 159 cm³/mol. The van der Waals surface area contributed by atoms with Crippen LogP contribution >= 0.6 is 0 Å². The van der Waals surface area contributed by atoms with Gasteiger partial charge in [-0.2, -0.15) is 5.10 Å². The van der Waals surface area contributed by atoms with Crippen LogP contribution in [-0.4, -0.2) is 11.7 Å². The Bertz CT molecular complexity index is 1230. The lowest BCUT2D eigenvalue weighted by Crippen LogP contribution is -2.31. The number of carbonyl (C=O) groups is 1. The highest BCUT2D eigenvalue weighted by atomic mass is 16.1. The highest BCUT2D eigenvalue weighted by Crippen LogP contribution is 2.23. The number of unbranched alkanes of at least 4 members (excludes halogenated alkanes) is 1. The maximum Gasteiger partial charge on any atom is 0.255 e. The van der Waals surface area contributed by atoms with Gasteiger partial charge in [-0.25, -0.2) is 5.84 Å². The topological polar surface area (TPSA) is 106 Å². The fraction of sp³-hybridized carbons (Fsp3) is 0.375. The van der Waals surface area contributed by atoms with E-state index in [0.29, 0.717) is 18.2 Å². The molecule has 0 aliphatic rings. The first kappa shape index (κ1) is 28.9. The van der Waals surface area contributed by atoms with Crippen LogP contribution < -0.4 is 22.4 Å². The van der Waals surface area contributed by atoms with Crippen molar-refractivity contribution in [2.24, 2.45) is 22.7 Å². The van der Waals surface area contributed by atoms with E-state index in [1.165, 1.54) is 22.3 Å². The molecule has 0 aliphatic heterocycles. The van der Waals surface area contributed by atoms with E-state index in [0.717, 1.165) is 60.9 Å². The van der Waals surface area contributed by atoms with Gasteiger partial charge >= 0.3 is 0 Å². The van der Waals surface area contributed by atoms with Gasteiger partial charge in [0.05, 0.1) is 0 Å². The van der Waals surface area contributed by atoms with Gasteiger partial charge < -0.3 is 16.6 Å². The van der Waals surface area contributed by atoms with E-state index in [9.17, 15) is 4.79 Å². The number of nitrogens with one attached hydrogen (secondary N) is 2. The van der Waals surface area contributed by atoms with Crippen molar-refractivity contribution >= 4 is 17.4 Å². The normalized spacial score (nSPS) is 11.6. The monoisotopic (exact) mass is 513 g/mol. The molecule has 3 aromatic rings. The lowest BCUT2D eigenvalue weighted by Gasteiger charge is -2.15. The molecular weight excluding hydrogens is 470 g/mol. The summed E-state index contributed by atoms with van der Waals surface area (Å²) in [5.74, 6) is 11.9. The standard InChI is InChI=1S/C32H43N5O/c1-22(2)21-26-15-13-25(14-16-26)17-18-27-19-20-29(24(4)23(27)3)32(38)35-30-11-7-5-9-28(30)10-6-8-12-31(36-33)37-34/h5,7,9,11,13-16,19-20,22H,6,8,10,12,17-18,21,33-34H2,1-4H3,(H,35,38)(H,36,37). The summed E-state index contributed by atoms with van der Waals surface area (Å²) in [6.45, 7) is 8.67. The van der Waals surface area contributed by atoms with Gasteiger partial charge in [0.2, 0.25) is 0 Å². The van der Waals surface area contributed by atoms with Crippen LogP contribution in [0.25, 0.3) is 0 Å². The molecule has 3 rings (SSSR count). The molecule has 0 bridgehead atoms. The molecule has 6 nitrogen and oxygen atoms in total. The van der Waals surface area contributed by atoms with Crippen LogP contribution in [0, 0.1) is 19.8 Å². The Morgan fingerprint density at radius 1 is 0.842 bits per heavy atom. The molecule has 0 saturated carbocycles. The maximum atomic E-state index is 13.3. The second-order valence-electron chi connectivity index (χ2n) is 10.5. The molecule has 0 saturated heterocycles. The fourth-order valence-corrected chi connectivity index (χ4v) is 4.82. The minimum atomic E-state index is -0.0739. The van der Waals surface area contributed by atoms with Crippen molar-refractivity contribution in [1.82, 2.24) is 5.43 Å². The van der Waals surface area contributed by atoms with Crippen LogP contribution in [0.4, 0.5) is 5.69 Å². The summed E-state index contributed by atoms with van der Waals surface area (Å²) in [7, 11) is 0. The molecule has 0 aliphatic carbocycles. The van der Waals surface area contributed by atoms with Gasteiger partial charge in [-0.1, -0.05) is 62.4 Å². The van der Waals surface area contributed by atoms with E-state index in [1.54, 1.807) is 0 Å². The summed E-state index contributed by atoms with van der Waals surface area (Å²) in [4.78, 5) is 13.3. The first-order valence-electron chi connectivity index (χ1n) is 13.6. The zero-order chi connectivity index (χ0) is 27.5. The molecule has 0 spiro atoms. The number of rotatable bonds is 12. The average Bonchev–Trinajstić information content (AvgIpc) is 2.91. The Morgan fingerprint density at radius 3 is 2.24 bits per heavy atom. The van der Waals surface area contributed by atoms with Crippen molar-refractivity contribution in [2.45, 2.75) is 72.6 Å². The second-order valence-corrected chi connectivity index (χ2v) is 10.5.